The molecule has 0 unspecified atom stereocenters. The first-order chi connectivity index (χ1) is 14.0. The Morgan fingerprint density at radius 3 is 2.41 bits per heavy atom. The van der Waals surface area contributed by atoms with Crippen LogP contribution < -0.4 is 10.1 Å². The zero-order chi connectivity index (χ0) is 20.8. The number of carbonyl (C=O) groups is 1. The van der Waals surface area contributed by atoms with Crippen molar-refractivity contribution < 1.29 is 9.53 Å². The molecule has 0 aliphatic carbocycles. The maximum absolute atomic E-state index is 12.7. The fraction of sp³-hybridized carbons (Fsp3) is 0.333. The van der Waals surface area contributed by atoms with Crippen LogP contribution in [0.4, 0.5) is 5.69 Å². The number of carbonyl (C=O) groups excluding carboxylic acids is 1. The Bertz CT molecular complexity index is 941. The van der Waals surface area contributed by atoms with Gasteiger partial charge in [0.25, 0.3) is 0 Å². The highest BCUT2D eigenvalue weighted by Crippen LogP contribution is 2.28. The molecular formula is C21H25N5O2S. The molecule has 3 aromatic rings. The van der Waals surface area contributed by atoms with Crippen molar-refractivity contribution in [2.75, 3.05) is 12.4 Å². The zero-order valence-electron chi connectivity index (χ0n) is 17.0. The molecule has 0 aliphatic rings. The van der Waals surface area contributed by atoms with E-state index in [1.807, 2.05) is 43.3 Å². The van der Waals surface area contributed by atoms with Gasteiger partial charge in [0.2, 0.25) is 5.91 Å². The summed E-state index contributed by atoms with van der Waals surface area (Å²) in [6.07, 6.45) is 3.48. The Labute approximate surface area is 174 Å². The fourth-order valence-corrected chi connectivity index (χ4v) is 3.61. The second-order valence-electron chi connectivity index (χ2n) is 7.02. The van der Waals surface area contributed by atoms with Gasteiger partial charge in [-0.05, 0) is 49.2 Å². The molecule has 0 spiro atoms. The fourth-order valence-electron chi connectivity index (χ4n) is 2.75. The van der Waals surface area contributed by atoms with Gasteiger partial charge in [0.15, 0.2) is 11.0 Å². The van der Waals surface area contributed by atoms with Crippen molar-refractivity contribution in [1.82, 2.24) is 19.7 Å². The summed E-state index contributed by atoms with van der Waals surface area (Å²) < 4.78 is 7.22. The molecule has 152 valence electrons. The number of hydrogen-bond acceptors (Lipinski definition) is 6. The molecule has 2 heterocycles. The van der Waals surface area contributed by atoms with Gasteiger partial charge in [-0.3, -0.25) is 9.78 Å². The Morgan fingerprint density at radius 1 is 1.10 bits per heavy atom. The van der Waals surface area contributed by atoms with Crippen LogP contribution in [-0.2, 0) is 11.3 Å². The standard InChI is InChI=1S/C21H25N5O2S/c1-14(2)13-26-19(16-9-11-22-12-10-16)24-25-21(26)29-15(3)20(27)23-17-5-7-18(28-4)8-6-17/h5-12,14-15H,13H2,1-4H3,(H,23,27)/t15-/m1/s1. The van der Waals surface area contributed by atoms with E-state index in [1.165, 1.54) is 11.8 Å². The zero-order valence-corrected chi connectivity index (χ0v) is 17.8. The number of hydrogen-bond donors (Lipinski definition) is 1. The number of anilines is 1. The Balaban J connectivity index is 1.75. The first kappa shape index (κ1) is 20.9. The number of nitrogens with zero attached hydrogens (tertiary/aromatic N) is 4. The summed E-state index contributed by atoms with van der Waals surface area (Å²) in [7, 11) is 1.61. The number of pyridine rings is 1. The van der Waals surface area contributed by atoms with Gasteiger partial charge in [-0.15, -0.1) is 10.2 Å². The van der Waals surface area contributed by atoms with Gasteiger partial charge in [-0.2, -0.15) is 0 Å². The maximum atomic E-state index is 12.7. The van der Waals surface area contributed by atoms with Crippen LogP contribution in [0.15, 0.2) is 53.9 Å². The van der Waals surface area contributed by atoms with Crippen molar-refractivity contribution in [2.45, 2.75) is 37.7 Å². The Morgan fingerprint density at radius 2 is 1.79 bits per heavy atom. The first-order valence-electron chi connectivity index (χ1n) is 9.43. The van der Waals surface area contributed by atoms with E-state index in [1.54, 1.807) is 19.5 Å². The summed E-state index contributed by atoms with van der Waals surface area (Å²) >= 11 is 1.40. The molecule has 0 saturated heterocycles. The first-order valence-corrected chi connectivity index (χ1v) is 10.3. The van der Waals surface area contributed by atoms with E-state index in [4.69, 9.17) is 4.74 Å². The van der Waals surface area contributed by atoms with Crippen LogP contribution in [0.25, 0.3) is 11.4 Å². The SMILES string of the molecule is COc1ccc(NC(=O)[C@@H](C)Sc2nnc(-c3ccncc3)n2CC(C)C)cc1. The van der Waals surface area contributed by atoms with Gasteiger partial charge in [0.1, 0.15) is 5.75 Å². The minimum Gasteiger partial charge on any atom is -0.497 e. The topological polar surface area (TPSA) is 81.9 Å². The molecule has 0 radical (unpaired) electrons. The Kier molecular flexibility index (Phi) is 6.87. The van der Waals surface area contributed by atoms with Crippen LogP contribution in [0.3, 0.4) is 0 Å². The lowest BCUT2D eigenvalue weighted by atomic mass is 10.2. The third-order valence-corrected chi connectivity index (χ3v) is 5.29. The molecule has 29 heavy (non-hydrogen) atoms. The van der Waals surface area contributed by atoms with Crippen LogP contribution >= 0.6 is 11.8 Å². The lowest BCUT2D eigenvalue weighted by Gasteiger charge is -2.15. The van der Waals surface area contributed by atoms with E-state index in [0.29, 0.717) is 5.92 Å². The Hall–Kier alpha value is -2.87. The molecule has 0 fully saturated rings. The summed E-state index contributed by atoms with van der Waals surface area (Å²) in [6, 6.07) is 11.1. The largest absolute Gasteiger partial charge is 0.497 e. The van der Waals surface area contributed by atoms with Crippen LogP contribution in [0, 0.1) is 5.92 Å². The molecule has 8 heteroatoms. The number of aromatic nitrogens is 4. The summed E-state index contributed by atoms with van der Waals surface area (Å²) in [6.45, 7) is 6.92. The molecule has 1 atom stereocenters. The van der Waals surface area contributed by atoms with Crippen LogP contribution in [0.5, 0.6) is 5.75 Å². The quantitative estimate of drug-likeness (QED) is 0.562. The highest BCUT2D eigenvalue weighted by molar-refractivity contribution is 8.00. The van der Waals surface area contributed by atoms with Gasteiger partial charge in [0.05, 0.1) is 12.4 Å². The number of methoxy groups -OCH3 is 1. The molecule has 0 aliphatic heterocycles. The highest BCUT2D eigenvalue weighted by Gasteiger charge is 2.21. The minimum absolute atomic E-state index is 0.0928. The number of nitrogens with one attached hydrogen (secondary N) is 1. The lowest BCUT2D eigenvalue weighted by molar-refractivity contribution is -0.115. The van der Waals surface area contributed by atoms with Gasteiger partial charge >= 0.3 is 0 Å². The van der Waals surface area contributed by atoms with Gasteiger partial charge in [0, 0.05) is 30.2 Å². The molecule has 7 nitrogen and oxygen atoms in total. The van der Waals surface area contributed by atoms with Gasteiger partial charge in [-0.25, -0.2) is 0 Å². The molecule has 0 bridgehead atoms. The summed E-state index contributed by atoms with van der Waals surface area (Å²) in [5.41, 5.74) is 1.68. The van der Waals surface area contributed by atoms with Crippen molar-refractivity contribution in [3.8, 4) is 17.1 Å². The smallest absolute Gasteiger partial charge is 0.237 e. The van der Waals surface area contributed by atoms with Gasteiger partial charge < -0.3 is 14.6 Å². The van der Waals surface area contributed by atoms with E-state index in [2.05, 4.69) is 38.9 Å². The molecule has 1 N–H and O–H groups in total. The normalized spacial score (nSPS) is 12.0. The van der Waals surface area contributed by atoms with E-state index < -0.39 is 0 Å². The van der Waals surface area contributed by atoms with Crippen molar-refractivity contribution in [2.24, 2.45) is 5.92 Å². The molecule has 1 amide bonds. The van der Waals surface area contributed by atoms with Crippen molar-refractivity contribution in [1.29, 1.82) is 0 Å². The molecule has 0 saturated carbocycles. The average Bonchev–Trinajstić information content (AvgIpc) is 3.10. The van der Waals surface area contributed by atoms with E-state index in [0.717, 1.165) is 34.5 Å². The monoisotopic (exact) mass is 411 g/mol. The maximum Gasteiger partial charge on any atom is 0.237 e. The lowest BCUT2D eigenvalue weighted by Crippen LogP contribution is -2.23. The van der Waals surface area contributed by atoms with Gasteiger partial charge in [-0.1, -0.05) is 25.6 Å². The summed E-state index contributed by atoms with van der Waals surface area (Å²) in [5, 5.41) is 12.1. The van der Waals surface area contributed by atoms with E-state index in [-0.39, 0.29) is 11.2 Å². The third-order valence-electron chi connectivity index (χ3n) is 4.21. The summed E-state index contributed by atoms with van der Waals surface area (Å²) in [5.74, 6) is 1.85. The van der Waals surface area contributed by atoms with Crippen LogP contribution in [-0.4, -0.2) is 38.0 Å². The van der Waals surface area contributed by atoms with Crippen molar-refractivity contribution in [3.63, 3.8) is 0 Å². The number of ether oxygens (including phenoxy) is 1. The van der Waals surface area contributed by atoms with E-state index >= 15 is 0 Å². The summed E-state index contributed by atoms with van der Waals surface area (Å²) in [4.78, 5) is 16.7. The minimum atomic E-state index is -0.336. The highest BCUT2D eigenvalue weighted by atomic mass is 32.2. The number of rotatable bonds is 8. The molecule has 3 rings (SSSR count). The van der Waals surface area contributed by atoms with Crippen molar-refractivity contribution in [3.05, 3.63) is 48.8 Å². The number of benzene rings is 1. The third kappa shape index (κ3) is 5.35. The molecule has 1 aromatic carbocycles. The number of amides is 1. The van der Waals surface area contributed by atoms with E-state index in [9.17, 15) is 4.79 Å². The average molecular weight is 412 g/mol. The van der Waals surface area contributed by atoms with Crippen LogP contribution in [0.1, 0.15) is 20.8 Å². The van der Waals surface area contributed by atoms with Crippen LogP contribution in [0.2, 0.25) is 0 Å². The molecular weight excluding hydrogens is 386 g/mol. The van der Waals surface area contributed by atoms with Crippen molar-refractivity contribution >= 4 is 23.4 Å². The molecule has 2 aromatic heterocycles. The number of thioether (sulfide) groups is 1. The predicted molar refractivity (Wildman–Crippen MR) is 115 cm³/mol. The second-order valence-corrected chi connectivity index (χ2v) is 8.33. The second kappa shape index (κ2) is 9.56. The predicted octanol–water partition coefficient (Wildman–Crippen LogP) is 4.12.